The maximum Gasteiger partial charge on any atom is 0.221 e. The van der Waals surface area contributed by atoms with Gasteiger partial charge in [0, 0.05) is 25.6 Å². The van der Waals surface area contributed by atoms with E-state index in [1.54, 1.807) is 0 Å². The third kappa shape index (κ3) is 6.39. The average Bonchev–Trinajstić information content (AvgIpc) is 2.44. The highest BCUT2D eigenvalue weighted by Gasteiger charge is 2.10. The zero-order valence-electron chi connectivity index (χ0n) is 12.1. The molecule has 0 aliphatic rings. The molecular weight excluding hydrogens is 236 g/mol. The number of carbonyl (C=O) groups is 1. The highest BCUT2D eigenvalue weighted by Crippen LogP contribution is 2.18. The van der Waals surface area contributed by atoms with Gasteiger partial charge >= 0.3 is 0 Å². The summed E-state index contributed by atoms with van der Waals surface area (Å²) < 4.78 is 0. The fourth-order valence-corrected chi connectivity index (χ4v) is 2.13. The average molecular weight is 262 g/mol. The van der Waals surface area contributed by atoms with Crippen molar-refractivity contribution in [1.82, 2.24) is 10.6 Å². The Morgan fingerprint density at radius 1 is 1.21 bits per heavy atom. The highest BCUT2D eigenvalue weighted by atomic mass is 16.1. The quantitative estimate of drug-likeness (QED) is 0.718. The van der Waals surface area contributed by atoms with Gasteiger partial charge in [0.1, 0.15) is 0 Å². The molecule has 0 aromatic heterocycles. The Kier molecular flexibility index (Phi) is 7.91. The zero-order valence-corrected chi connectivity index (χ0v) is 12.1. The van der Waals surface area contributed by atoms with Crippen molar-refractivity contribution in [2.24, 2.45) is 0 Å². The first kappa shape index (κ1) is 15.7. The molecule has 1 amide bonds. The van der Waals surface area contributed by atoms with Gasteiger partial charge in [-0.15, -0.1) is 0 Å². The molecule has 3 heteroatoms. The smallest absolute Gasteiger partial charge is 0.221 e. The predicted octanol–water partition coefficient (Wildman–Crippen LogP) is 3.03. The summed E-state index contributed by atoms with van der Waals surface area (Å²) in [5.74, 6) is 0.123. The zero-order chi connectivity index (χ0) is 13.9. The summed E-state index contributed by atoms with van der Waals surface area (Å²) in [7, 11) is 0. The number of hydrogen-bond donors (Lipinski definition) is 2. The molecule has 19 heavy (non-hydrogen) atoms. The molecule has 0 aliphatic heterocycles. The standard InChI is InChI=1S/C16H26N2O/c1-3-5-11-15(14-9-7-6-8-10-14)18-13-12-16(19)17-4-2/h6-10,15,18H,3-5,11-13H2,1-2H3,(H,17,19). The summed E-state index contributed by atoms with van der Waals surface area (Å²) in [6, 6.07) is 10.8. The fourth-order valence-electron chi connectivity index (χ4n) is 2.13. The van der Waals surface area contributed by atoms with Gasteiger partial charge in [0.25, 0.3) is 0 Å². The first-order valence-corrected chi connectivity index (χ1v) is 7.33. The second kappa shape index (κ2) is 9.56. The van der Waals surface area contributed by atoms with Crippen LogP contribution in [0, 0.1) is 0 Å². The molecule has 0 heterocycles. The van der Waals surface area contributed by atoms with Crippen molar-refractivity contribution in [1.29, 1.82) is 0 Å². The SMILES string of the molecule is CCCCC(NCCC(=O)NCC)c1ccccc1. The minimum Gasteiger partial charge on any atom is -0.356 e. The van der Waals surface area contributed by atoms with Crippen LogP contribution in [0.3, 0.4) is 0 Å². The molecule has 0 aliphatic carbocycles. The molecule has 2 N–H and O–H groups in total. The molecule has 1 atom stereocenters. The first-order chi connectivity index (χ1) is 9.27. The number of unbranched alkanes of at least 4 members (excludes halogenated alkanes) is 1. The Balaban J connectivity index is 2.44. The van der Waals surface area contributed by atoms with E-state index in [-0.39, 0.29) is 5.91 Å². The van der Waals surface area contributed by atoms with Crippen LogP contribution in [-0.2, 0) is 4.79 Å². The molecule has 1 aromatic carbocycles. The summed E-state index contributed by atoms with van der Waals surface area (Å²) in [5.41, 5.74) is 1.31. The lowest BCUT2D eigenvalue weighted by Gasteiger charge is -2.19. The summed E-state index contributed by atoms with van der Waals surface area (Å²) >= 11 is 0. The van der Waals surface area contributed by atoms with Gasteiger partial charge in [-0.05, 0) is 18.9 Å². The van der Waals surface area contributed by atoms with E-state index in [4.69, 9.17) is 0 Å². The van der Waals surface area contributed by atoms with E-state index in [2.05, 4.69) is 41.8 Å². The normalized spacial score (nSPS) is 12.1. The van der Waals surface area contributed by atoms with Gasteiger partial charge in [-0.1, -0.05) is 50.1 Å². The van der Waals surface area contributed by atoms with Crippen molar-refractivity contribution < 1.29 is 4.79 Å². The second-order valence-corrected chi connectivity index (χ2v) is 4.76. The third-order valence-electron chi connectivity index (χ3n) is 3.17. The molecule has 0 saturated heterocycles. The Hall–Kier alpha value is -1.35. The topological polar surface area (TPSA) is 41.1 Å². The summed E-state index contributed by atoms with van der Waals surface area (Å²) in [6.07, 6.45) is 4.06. The van der Waals surface area contributed by atoms with Gasteiger partial charge in [-0.2, -0.15) is 0 Å². The van der Waals surface area contributed by atoms with Gasteiger partial charge in [0.2, 0.25) is 5.91 Å². The van der Waals surface area contributed by atoms with Crippen molar-refractivity contribution in [2.75, 3.05) is 13.1 Å². The van der Waals surface area contributed by atoms with Gasteiger partial charge in [0.05, 0.1) is 0 Å². The van der Waals surface area contributed by atoms with Gasteiger partial charge < -0.3 is 10.6 Å². The van der Waals surface area contributed by atoms with Crippen molar-refractivity contribution in [2.45, 2.75) is 45.6 Å². The molecule has 1 aromatic rings. The van der Waals surface area contributed by atoms with Gasteiger partial charge in [-0.25, -0.2) is 0 Å². The van der Waals surface area contributed by atoms with Crippen molar-refractivity contribution in [3.05, 3.63) is 35.9 Å². The van der Waals surface area contributed by atoms with Crippen molar-refractivity contribution in [3.63, 3.8) is 0 Å². The summed E-state index contributed by atoms with van der Waals surface area (Å²) in [6.45, 7) is 5.59. The number of amides is 1. The minimum atomic E-state index is 0.123. The van der Waals surface area contributed by atoms with Crippen LogP contribution < -0.4 is 10.6 Å². The van der Waals surface area contributed by atoms with E-state index in [0.29, 0.717) is 19.0 Å². The number of benzene rings is 1. The largest absolute Gasteiger partial charge is 0.356 e. The molecule has 1 unspecified atom stereocenters. The van der Waals surface area contributed by atoms with Crippen molar-refractivity contribution in [3.8, 4) is 0 Å². The molecule has 0 radical (unpaired) electrons. The predicted molar refractivity (Wildman–Crippen MR) is 80.0 cm³/mol. The van der Waals surface area contributed by atoms with Gasteiger partial charge in [0.15, 0.2) is 0 Å². The van der Waals surface area contributed by atoms with Crippen LogP contribution >= 0.6 is 0 Å². The Labute approximate surface area is 116 Å². The molecule has 0 saturated carbocycles. The number of nitrogens with one attached hydrogen (secondary N) is 2. The van der Waals surface area contributed by atoms with Gasteiger partial charge in [-0.3, -0.25) is 4.79 Å². The van der Waals surface area contributed by atoms with E-state index in [9.17, 15) is 4.79 Å². The number of hydrogen-bond acceptors (Lipinski definition) is 2. The van der Waals surface area contributed by atoms with E-state index in [0.717, 1.165) is 13.0 Å². The third-order valence-corrected chi connectivity index (χ3v) is 3.17. The Bertz CT molecular complexity index is 351. The lowest BCUT2D eigenvalue weighted by Crippen LogP contribution is -2.29. The van der Waals surface area contributed by atoms with Crippen LogP contribution in [0.1, 0.15) is 51.1 Å². The van der Waals surface area contributed by atoms with E-state index >= 15 is 0 Å². The van der Waals surface area contributed by atoms with Crippen LogP contribution in [0.4, 0.5) is 0 Å². The van der Waals surface area contributed by atoms with Crippen LogP contribution in [0.5, 0.6) is 0 Å². The number of rotatable bonds is 9. The maximum absolute atomic E-state index is 11.4. The Morgan fingerprint density at radius 2 is 1.95 bits per heavy atom. The minimum absolute atomic E-state index is 0.123. The molecule has 3 nitrogen and oxygen atoms in total. The number of carbonyl (C=O) groups excluding carboxylic acids is 1. The van der Waals surface area contributed by atoms with E-state index in [1.807, 2.05) is 13.0 Å². The monoisotopic (exact) mass is 262 g/mol. The molecule has 106 valence electrons. The van der Waals surface area contributed by atoms with Crippen LogP contribution in [0.2, 0.25) is 0 Å². The molecule has 0 fully saturated rings. The lowest BCUT2D eigenvalue weighted by molar-refractivity contribution is -0.120. The van der Waals surface area contributed by atoms with Crippen LogP contribution in [-0.4, -0.2) is 19.0 Å². The van der Waals surface area contributed by atoms with Crippen LogP contribution in [0.15, 0.2) is 30.3 Å². The molecule has 1 rings (SSSR count). The van der Waals surface area contributed by atoms with Crippen LogP contribution in [0.25, 0.3) is 0 Å². The molecule has 0 spiro atoms. The lowest BCUT2D eigenvalue weighted by atomic mass is 10.0. The van der Waals surface area contributed by atoms with E-state index in [1.165, 1.54) is 18.4 Å². The van der Waals surface area contributed by atoms with E-state index < -0.39 is 0 Å². The maximum atomic E-state index is 11.4. The fraction of sp³-hybridized carbons (Fsp3) is 0.562. The summed E-state index contributed by atoms with van der Waals surface area (Å²) in [4.78, 5) is 11.4. The second-order valence-electron chi connectivity index (χ2n) is 4.76. The Morgan fingerprint density at radius 3 is 2.58 bits per heavy atom. The molecular formula is C16H26N2O. The highest BCUT2D eigenvalue weighted by molar-refractivity contribution is 5.75. The van der Waals surface area contributed by atoms with Crippen molar-refractivity contribution >= 4 is 5.91 Å². The molecule has 0 bridgehead atoms. The summed E-state index contributed by atoms with van der Waals surface area (Å²) in [5, 5.41) is 6.32. The first-order valence-electron chi connectivity index (χ1n) is 7.33.